The van der Waals surface area contributed by atoms with Crippen LogP contribution < -0.4 is 10.1 Å². The summed E-state index contributed by atoms with van der Waals surface area (Å²) in [5, 5.41) is 21.8. The van der Waals surface area contributed by atoms with Crippen LogP contribution >= 0.6 is 0 Å². The summed E-state index contributed by atoms with van der Waals surface area (Å²) in [5.41, 5.74) is 1.45. The van der Waals surface area contributed by atoms with E-state index in [0.29, 0.717) is 12.2 Å². The van der Waals surface area contributed by atoms with Crippen molar-refractivity contribution in [1.29, 1.82) is 0 Å². The van der Waals surface area contributed by atoms with Crippen LogP contribution in [0, 0.1) is 10.1 Å². The van der Waals surface area contributed by atoms with Gasteiger partial charge in [-0.3, -0.25) is 24.3 Å². The average Bonchev–Trinajstić information content (AvgIpc) is 3.29. The molecule has 27 heavy (non-hydrogen) atoms. The minimum absolute atomic E-state index is 0.0771. The van der Waals surface area contributed by atoms with Crippen molar-refractivity contribution in [3.8, 4) is 5.88 Å². The van der Waals surface area contributed by atoms with Gasteiger partial charge in [0.15, 0.2) is 0 Å². The Morgan fingerprint density at radius 2 is 2.19 bits per heavy atom. The van der Waals surface area contributed by atoms with Gasteiger partial charge >= 0.3 is 11.6 Å². The molecule has 140 valence electrons. The number of methoxy groups -OCH3 is 1. The van der Waals surface area contributed by atoms with Crippen LogP contribution in [-0.4, -0.2) is 37.5 Å². The first-order chi connectivity index (χ1) is 13.0. The Labute approximate surface area is 154 Å². The highest BCUT2D eigenvalue weighted by atomic mass is 16.6. The summed E-state index contributed by atoms with van der Waals surface area (Å²) in [6.45, 7) is 0.802. The summed E-state index contributed by atoms with van der Waals surface area (Å²) in [6, 6.07) is 9.33. The molecule has 10 heteroatoms. The van der Waals surface area contributed by atoms with E-state index in [1.807, 2.05) is 30.5 Å². The van der Waals surface area contributed by atoms with E-state index < -0.39 is 4.92 Å². The Morgan fingerprint density at radius 3 is 2.85 bits per heavy atom. The number of aromatic nitrogens is 4. The van der Waals surface area contributed by atoms with Gasteiger partial charge in [-0.2, -0.15) is 5.10 Å². The predicted molar refractivity (Wildman–Crippen MR) is 96.5 cm³/mol. The van der Waals surface area contributed by atoms with Crippen LogP contribution in [0.2, 0.25) is 0 Å². The van der Waals surface area contributed by atoms with Gasteiger partial charge in [-0.1, -0.05) is 12.1 Å². The van der Waals surface area contributed by atoms with Crippen LogP contribution in [0.4, 0.5) is 11.4 Å². The van der Waals surface area contributed by atoms with Crippen molar-refractivity contribution in [3.05, 3.63) is 64.6 Å². The van der Waals surface area contributed by atoms with E-state index in [1.165, 1.54) is 18.0 Å². The van der Waals surface area contributed by atoms with Crippen LogP contribution in [0.5, 0.6) is 5.88 Å². The Kier molecular flexibility index (Phi) is 5.45. The second-order valence-electron chi connectivity index (χ2n) is 5.75. The first-order valence-corrected chi connectivity index (χ1v) is 8.17. The highest BCUT2D eigenvalue weighted by Gasteiger charge is 2.20. The third-order valence-corrected chi connectivity index (χ3v) is 3.78. The molecule has 1 N–H and O–H groups in total. The Bertz CT molecular complexity index is 935. The van der Waals surface area contributed by atoms with Crippen molar-refractivity contribution in [2.45, 2.75) is 19.5 Å². The molecule has 0 saturated heterocycles. The van der Waals surface area contributed by atoms with Crippen molar-refractivity contribution in [3.63, 3.8) is 0 Å². The summed E-state index contributed by atoms with van der Waals surface area (Å²) in [5.74, 6) is -0.296. The number of nitrogens with one attached hydrogen (secondary N) is 1. The minimum atomic E-state index is -0.576. The number of nitrogens with zero attached hydrogens (tertiary/aromatic N) is 5. The third-order valence-electron chi connectivity index (χ3n) is 3.78. The standard InChI is InChI=1S/C17H18N6O4/c1-27-17-15(23(25)26)12-22(20-17)9-6-16(24)19-14-5-2-4-13(10-14)11-21-8-3-7-18-21/h2-5,7-8,10,12H,6,9,11H2,1H3,(H,19,24). The Hall–Kier alpha value is -3.69. The van der Waals surface area contributed by atoms with E-state index in [1.54, 1.807) is 16.9 Å². The van der Waals surface area contributed by atoms with E-state index in [2.05, 4.69) is 15.5 Å². The second-order valence-corrected chi connectivity index (χ2v) is 5.75. The summed E-state index contributed by atoms with van der Waals surface area (Å²) < 4.78 is 7.98. The zero-order chi connectivity index (χ0) is 19.2. The van der Waals surface area contributed by atoms with Gasteiger partial charge in [0.05, 0.1) is 25.1 Å². The van der Waals surface area contributed by atoms with Crippen LogP contribution in [0.25, 0.3) is 0 Å². The maximum Gasteiger partial charge on any atom is 0.350 e. The second kappa shape index (κ2) is 8.13. The Balaban J connectivity index is 1.57. The molecule has 1 amide bonds. The molecule has 0 aliphatic rings. The number of amides is 1. The molecule has 0 unspecified atom stereocenters. The number of benzene rings is 1. The van der Waals surface area contributed by atoms with E-state index in [4.69, 9.17) is 4.74 Å². The lowest BCUT2D eigenvalue weighted by Crippen LogP contribution is -2.15. The molecule has 1 aromatic carbocycles. The number of nitro groups is 1. The zero-order valence-electron chi connectivity index (χ0n) is 14.6. The van der Waals surface area contributed by atoms with Crippen LogP contribution in [-0.2, 0) is 17.9 Å². The fourth-order valence-electron chi connectivity index (χ4n) is 2.55. The van der Waals surface area contributed by atoms with Gasteiger partial charge in [-0.15, -0.1) is 5.10 Å². The molecule has 0 bridgehead atoms. The average molecular weight is 370 g/mol. The number of hydrogen-bond acceptors (Lipinski definition) is 6. The Morgan fingerprint density at radius 1 is 1.33 bits per heavy atom. The molecule has 2 aromatic heterocycles. The monoisotopic (exact) mass is 370 g/mol. The maximum atomic E-state index is 12.2. The third kappa shape index (κ3) is 4.69. The lowest BCUT2D eigenvalue weighted by molar-refractivity contribution is -0.385. The number of carbonyl (C=O) groups excluding carboxylic acids is 1. The molecule has 0 spiro atoms. The van der Waals surface area contributed by atoms with Gasteiger partial charge in [0.1, 0.15) is 6.20 Å². The topological polar surface area (TPSA) is 117 Å². The number of aryl methyl sites for hydroxylation is 1. The summed E-state index contributed by atoms with van der Waals surface area (Å²) >= 11 is 0. The largest absolute Gasteiger partial charge is 0.475 e. The molecule has 3 aromatic rings. The van der Waals surface area contributed by atoms with Gasteiger partial charge in [0, 0.05) is 24.5 Å². The van der Waals surface area contributed by atoms with Crippen LogP contribution in [0.1, 0.15) is 12.0 Å². The van der Waals surface area contributed by atoms with Crippen molar-refractivity contribution in [1.82, 2.24) is 19.6 Å². The highest BCUT2D eigenvalue weighted by molar-refractivity contribution is 5.90. The first kappa shape index (κ1) is 18.1. The summed E-state index contributed by atoms with van der Waals surface area (Å²) in [4.78, 5) is 22.5. The predicted octanol–water partition coefficient (Wildman–Crippen LogP) is 2.07. The molecule has 2 heterocycles. The fraction of sp³-hybridized carbons (Fsp3) is 0.235. The van der Waals surface area contributed by atoms with E-state index in [9.17, 15) is 14.9 Å². The fourth-order valence-corrected chi connectivity index (χ4v) is 2.55. The van der Waals surface area contributed by atoms with Gasteiger partial charge < -0.3 is 10.1 Å². The maximum absolute atomic E-state index is 12.2. The van der Waals surface area contributed by atoms with E-state index >= 15 is 0 Å². The molecule has 10 nitrogen and oxygen atoms in total. The number of carbonyl (C=O) groups is 1. The summed E-state index contributed by atoms with van der Waals surface area (Å²) in [7, 11) is 1.31. The summed E-state index contributed by atoms with van der Waals surface area (Å²) in [6.07, 6.45) is 4.94. The minimum Gasteiger partial charge on any atom is -0.475 e. The molecule has 0 atom stereocenters. The number of ether oxygens (including phenoxy) is 1. The van der Waals surface area contributed by atoms with Crippen LogP contribution in [0.3, 0.4) is 0 Å². The van der Waals surface area contributed by atoms with Crippen molar-refractivity contribution >= 4 is 17.3 Å². The molecule has 0 fully saturated rings. The lowest BCUT2D eigenvalue weighted by atomic mass is 10.2. The number of anilines is 1. The van der Waals surface area contributed by atoms with E-state index in [0.717, 1.165) is 5.56 Å². The van der Waals surface area contributed by atoms with Gasteiger partial charge in [0.25, 0.3) is 0 Å². The molecular formula is C17H18N6O4. The molecule has 0 aliphatic carbocycles. The van der Waals surface area contributed by atoms with E-state index in [-0.39, 0.29) is 30.4 Å². The SMILES string of the molecule is COc1nn(CCC(=O)Nc2cccc(Cn3cccn3)c2)cc1[N+](=O)[O-]. The van der Waals surface area contributed by atoms with Gasteiger partial charge in [-0.25, -0.2) is 0 Å². The smallest absolute Gasteiger partial charge is 0.350 e. The highest BCUT2D eigenvalue weighted by Crippen LogP contribution is 2.24. The van der Waals surface area contributed by atoms with Crippen molar-refractivity contribution in [2.24, 2.45) is 0 Å². The molecule has 0 aliphatic heterocycles. The van der Waals surface area contributed by atoms with Gasteiger partial charge in [0.2, 0.25) is 5.91 Å². The van der Waals surface area contributed by atoms with Crippen LogP contribution in [0.15, 0.2) is 48.9 Å². The molecule has 0 saturated carbocycles. The lowest BCUT2D eigenvalue weighted by Gasteiger charge is -2.08. The quantitative estimate of drug-likeness (QED) is 0.479. The van der Waals surface area contributed by atoms with Crippen molar-refractivity contribution in [2.75, 3.05) is 12.4 Å². The van der Waals surface area contributed by atoms with Gasteiger partial charge in [-0.05, 0) is 23.8 Å². The van der Waals surface area contributed by atoms with Crippen molar-refractivity contribution < 1.29 is 14.5 Å². The zero-order valence-corrected chi connectivity index (χ0v) is 14.6. The number of hydrogen-bond donors (Lipinski definition) is 1. The normalized spacial score (nSPS) is 10.6. The molecule has 3 rings (SSSR count). The number of rotatable bonds is 8. The molecular weight excluding hydrogens is 352 g/mol. The molecule has 0 radical (unpaired) electrons. The first-order valence-electron chi connectivity index (χ1n) is 8.17.